The molecule has 0 radical (unpaired) electrons. The van der Waals surface area contributed by atoms with Gasteiger partial charge < -0.3 is 19.5 Å². The first-order valence-electron chi connectivity index (χ1n) is 7.52. The number of rotatable bonds is 3. The molecule has 2 N–H and O–H groups in total. The van der Waals surface area contributed by atoms with Crippen LogP contribution in [0.4, 0.5) is 0 Å². The number of fused-ring (bicyclic) bond motifs is 2. The van der Waals surface area contributed by atoms with Gasteiger partial charge in [0.2, 0.25) is 0 Å². The molecule has 0 bridgehead atoms. The van der Waals surface area contributed by atoms with Gasteiger partial charge in [-0.2, -0.15) is 0 Å². The number of aryl methyl sites for hydroxylation is 1. The van der Waals surface area contributed by atoms with Crippen molar-refractivity contribution in [3.05, 3.63) is 35.8 Å². The van der Waals surface area contributed by atoms with E-state index < -0.39 is 28.7 Å². The predicted octanol–water partition coefficient (Wildman–Crippen LogP) is 0.644. The summed E-state index contributed by atoms with van der Waals surface area (Å²) < 4.78 is 1.77. The second-order valence-corrected chi connectivity index (χ2v) is 6.63. The lowest BCUT2D eigenvalue weighted by Crippen LogP contribution is -2.34. The van der Waals surface area contributed by atoms with Crippen molar-refractivity contribution in [1.82, 2.24) is 14.3 Å². The second kappa shape index (κ2) is 4.34. The van der Waals surface area contributed by atoms with Gasteiger partial charge >= 0.3 is 11.9 Å². The highest BCUT2D eigenvalue weighted by molar-refractivity contribution is 5.99. The van der Waals surface area contributed by atoms with Gasteiger partial charge in [-0.15, -0.1) is 0 Å². The first-order chi connectivity index (χ1) is 11.3. The Bertz CT molecular complexity index is 892. The summed E-state index contributed by atoms with van der Waals surface area (Å²) >= 11 is 0. The van der Waals surface area contributed by atoms with E-state index >= 15 is 0 Å². The fourth-order valence-corrected chi connectivity index (χ4v) is 3.85. The van der Waals surface area contributed by atoms with E-state index in [1.807, 2.05) is 19.1 Å². The molecule has 8 heteroatoms. The van der Waals surface area contributed by atoms with E-state index in [9.17, 15) is 24.6 Å². The Kier molecular flexibility index (Phi) is 2.65. The molecule has 2 fully saturated rings. The number of carboxylic acid groups (broad SMARTS) is 2. The third-order valence-electron chi connectivity index (χ3n) is 5.34. The smallest absolute Gasteiger partial charge is 0.312 e. The molecule has 24 heavy (non-hydrogen) atoms. The SMILES string of the molecule is Cc1cccc2nc(C(=O)N3C[C@@]4(C(=O)O)C[C@@]4(C(=O)O)C3)cn12. The molecule has 1 aliphatic carbocycles. The van der Waals surface area contributed by atoms with E-state index in [-0.39, 0.29) is 25.2 Å². The highest BCUT2D eigenvalue weighted by Gasteiger charge is 2.81. The highest BCUT2D eigenvalue weighted by atomic mass is 16.4. The van der Waals surface area contributed by atoms with E-state index in [1.54, 1.807) is 16.7 Å². The molecule has 0 aromatic carbocycles. The number of hydrogen-bond acceptors (Lipinski definition) is 4. The summed E-state index contributed by atoms with van der Waals surface area (Å²) in [7, 11) is 0. The van der Waals surface area contributed by atoms with Gasteiger partial charge in [0.25, 0.3) is 5.91 Å². The van der Waals surface area contributed by atoms with Gasteiger partial charge in [-0.1, -0.05) is 6.07 Å². The number of imidazole rings is 1. The number of likely N-dealkylation sites (tertiary alicyclic amines) is 1. The zero-order valence-electron chi connectivity index (χ0n) is 12.9. The number of amides is 1. The number of carboxylic acids is 2. The first-order valence-corrected chi connectivity index (χ1v) is 7.52. The summed E-state index contributed by atoms with van der Waals surface area (Å²) in [5.74, 6) is -2.76. The Balaban J connectivity index is 1.67. The van der Waals surface area contributed by atoms with Crippen LogP contribution < -0.4 is 0 Å². The van der Waals surface area contributed by atoms with Crippen LogP contribution in [0.1, 0.15) is 22.6 Å². The third kappa shape index (κ3) is 1.62. The van der Waals surface area contributed by atoms with E-state index in [2.05, 4.69) is 4.98 Å². The van der Waals surface area contributed by atoms with Crippen molar-refractivity contribution >= 4 is 23.5 Å². The summed E-state index contributed by atoms with van der Waals surface area (Å²) in [4.78, 5) is 41.3. The molecule has 1 saturated heterocycles. The lowest BCUT2D eigenvalue weighted by Gasteiger charge is -2.18. The number of nitrogens with zero attached hydrogens (tertiary/aromatic N) is 3. The van der Waals surface area contributed by atoms with Crippen molar-refractivity contribution < 1.29 is 24.6 Å². The van der Waals surface area contributed by atoms with Crippen LogP contribution in [0.25, 0.3) is 5.65 Å². The molecular formula is C16H15N3O5. The molecule has 2 aromatic rings. The van der Waals surface area contributed by atoms with Crippen molar-refractivity contribution in [2.45, 2.75) is 13.3 Å². The normalized spacial score (nSPS) is 28.0. The first kappa shape index (κ1) is 14.7. The third-order valence-corrected chi connectivity index (χ3v) is 5.34. The van der Waals surface area contributed by atoms with E-state index in [0.29, 0.717) is 5.65 Å². The largest absolute Gasteiger partial charge is 0.481 e. The van der Waals surface area contributed by atoms with Crippen LogP contribution in [-0.4, -0.2) is 55.4 Å². The van der Waals surface area contributed by atoms with E-state index in [4.69, 9.17) is 0 Å². The zero-order valence-corrected chi connectivity index (χ0v) is 12.9. The lowest BCUT2D eigenvalue weighted by molar-refractivity contribution is -0.151. The van der Waals surface area contributed by atoms with Gasteiger partial charge in [0, 0.05) is 25.0 Å². The molecule has 0 spiro atoms. The lowest BCUT2D eigenvalue weighted by atomic mass is 9.97. The van der Waals surface area contributed by atoms with Gasteiger partial charge in [-0.05, 0) is 25.5 Å². The fraction of sp³-hybridized carbons (Fsp3) is 0.375. The number of carbonyl (C=O) groups is 3. The average Bonchev–Trinajstić information content (AvgIpc) is 2.88. The summed E-state index contributed by atoms with van der Waals surface area (Å²) in [5, 5.41) is 18.9. The Morgan fingerprint density at radius 1 is 1.12 bits per heavy atom. The molecule has 4 rings (SSSR count). The maximum atomic E-state index is 12.7. The molecule has 2 aromatic heterocycles. The number of piperidine rings is 1. The van der Waals surface area contributed by atoms with Crippen molar-refractivity contribution in [1.29, 1.82) is 0 Å². The van der Waals surface area contributed by atoms with Crippen LogP contribution in [0.2, 0.25) is 0 Å². The number of carbonyl (C=O) groups excluding carboxylic acids is 1. The Hall–Kier alpha value is -2.90. The van der Waals surface area contributed by atoms with E-state index in [1.165, 1.54) is 4.90 Å². The minimum absolute atomic E-state index is 0.0682. The minimum atomic E-state index is -1.37. The molecule has 1 amide bonds. The molecule has 3 heterocycles. The Morgan fingerprint density at radius 3 is 2.29 bits per heavy atom. The highest BCUT2D eigenvalue weighted by Crippen LogP contribution is 2.68. The van der Waals surface area contributed by atoms with Crippen LogP contribution in [0.15, 0.2) is 24.4 Å². The van der Waals surface area contributed by atoms with Crippen LogP contribution in [0.3, 0.4) is 0 Å². The van der Waals surface area contributed by atoms with Crippen molar-refractivity contribution in [2.24, 2.45) is 10.8 Å². The number of aliphatic carboxylic acids is 2. The zero-order chi connectivity index (χ0) is 17.3. The van der Waals surface area contributed by atoms with Crippen molar-refractivity contribution in [3.63, 3.8) is 0 Å². The molecule has 2 aliphatic rings. The molecule has 1 saturated carbocycles. The Morgan fingerprint density at radius 2 is 1.75 bits per heavy atom. The van der Waals surface area contributed by atoms with Crippen molar-refractivity contribution in [3.8, 4) is 0 Å². The fourth-order valence-electron chi connectivity index (χ4n) is 3.85. The molecule has 0 unspecified atom stereocenters. The van der Waals surface area contributed by atoms with Gasteiger partial charge in [0.15, 0.2) is 0 Å². The molecule has 1 aliphatic heterocycles. The Labute approximate surface area is 136 Å². The molecular weight excluding hydrogens is 314 g/mol. The van der Waals surface area contributed by atoms with Crippen LogP contribution in [0, 0.1) is 17.8 Å². The van der Waals surface area contributed by atoms with Gasteiger partial charge in [-0.3, -0.25) is 14.4 Å². The predicted molar refractivity (Wildman–Crippen MR) is 80.6 cm³/mol. The quantitative estimate of drug-likeness (QED) is 0.855. The van der Waals surface area contributed by atoms with Crippen LogP contribution >= 0.6 is 0 Å². The van der Waals surface area contributed by atoms with Gasteiger partial charge in [0.1, 0.15) is 22.2 Å². The molecule has 124 valence electrons. The second-order valence-electron chi connectivity index (χ2n) is 6.63. The van der Waals surface area contributed by atoms with Crippen molar-refractivity contribution in [2.75, 3.05) is 13.1 Å². The maximum Gasteiger partial charge on any atom is 0.312 e. The summed E-state index contributed by atoms with van der Waals surface area (Å²) in [6.45, 7) is 1.69. The molecule has 2 atom stereocenters. The number of hydrogen-bond donors (Lipinski definition) is 2. The summed E-state index contributed by atoms with van der Waals surface area (Å²) in [5.41, 5.74) is -1.03. The average molecular weight is 329 g/mol. The van der Waals surface area contributed by atoms with Gasteiger partial charge in [-0.25, -0.2) is 4.98 Å². The number of aromatic nitrogens is 2. The maximum absolute atomic E-state index is 12.7. The number of pyridine rings is 1. The molecule has 8 nitrogen and oxygen atoms in total. The van der Waals surface area contributed by atoms with E-state index in [0.717, 1.165) is 5.69 Å². The standard InChI is InChI=1S/C16H15N3O5/c1-9-3-2-4-11-17-10(5-19(9)11)12(20)18-7-15(13(21)22)6-16(15,8-18)14(23)24/h2-5H,6-8H2,1H3,(H,21,22)(H,23,24)/t15-,16+. The monoisotopic (exact) mass is 329 g/mol. The van der Waals surface area contributed by atoms with Gasteiger partial charge in [0.05, 0.1) is 0 Å². The van der Waals surface area contributed by atoms with Crippen LogP contribution in [0.5, 0.6) is 0 Å². The minimum Gasteiger partial charge on any atom is -0.481 e. The summed E-state index contributed by atoms with van der Waals surface area (Å²) in [6.07, 6.45) is 1.66. The summed E-state index contributed by atoms with van der Waals surface area (Å²) in [6, 6.07) is 5.48. The topological polar surface area (TPSA) is 112 Å². The van der Waals surface area contributed by atoms with Crippen LogP contribution in [-0.2, 0) is 9.59 Å².